The highest BCUT2D eigenvalue weighted by Gasteiger charge is 2.33. The molecule has 0 radical (unpaired) electrons. The zero-order valence-corrected chi connectivity index (χ0v) is 14.7. The van der Waals surface area contributed by atoms with Gasteiger partial charge in [-0.3, -0.25) is 4.90 Å². The molecule has 1 aromatic carbocycles. The number of piperazine rings is 1. The van der Waals surface area contributed by atoms with E-state index in [9.17, 15) is 0 Å². The van der Waals surface area contributed by atoms with E-state index >= 15 is 0 Å². The third-order valence-electron chi connectivity index (χ3n) is 5.06. The molecule has 1 heterocycles. The second kappa shape index (κ2) is 6.50. The molecule has 1 aliphatic heterocycles. The first-order valence-electron chi connectivity index (χ1n) is 8.35. The Morgan fingerprint density at radius 2 is 1.81 bits per heavy atom. The molecule has 2 atom stereocenters. The van der Waals surface area contributed by atoms with E-state index in [1.165, 1.54) is 23.1 Å². The van der Waals surface area contributed by atoms with Crippen molar-refractivity contribution in [2.24, 2.45) is 5.41 Å². The second-order valence-corrected chi connectivity index (χ2v) is 7.69. The second-order valence-electron chi connectivity index (χ2n) is 7.69. The van der Waals surface area contributed by atoms with Gasteiger partial charge in [0, 0.05) is 31.7 Å². The average Bonchev–Trinajstić information content (AvgIpc) is 2.42. The predicted octanol–water partition coefficient (Wildman–Crippen LogP) is 3.90. The third kappa shape index (κ3) is 3.87. The van der Waals surface area contributed by atoms with E-state index in [-0.39, 0.29) is 0 Å². The van der Waals surface area contributed by atoms with Gasteiger partial charge in [0.15, 0.2) is 0 Å². The predicted molar refractivity (Wildman–Crippen MR) is 91.7 cm³/mol. The van der Waals surface area contributed by atoms with Gasteiger partial charge in [0.1, 0.15) is 0 Å². The number of nitrogens with zero attached hydrogens (tertiary/aromatic N) is 1. The molecule has 0 amide bonds. The Morgan fingerprint density at radius 1 is 1.19 bits per heavy atom. The Kier molecular flexibility index (Phi) is 5.11. The van der Waals surface area contributed by atoms with Gasteiger partial charge in [0.2, 0.25) is 0 Å². The molecule has 1 aliphatic rings. The summed E-state index contributed by atoms with van der Waals surface area (Å²) in [7, 11) is 0. The molecule has 1 saturated heterocycles. The number of rotatable bonds is 3. The van der Waals surface area contributed by atoms with Crippen molar-refractivity contribution in [2.75, 3.05) is 13.1 Å². The van der Waals surface area contributed by atoms with Gasteiger partial charge in [0.25, 0.3) is 0 Å². The van der Waals surface area contributed by atoms with Crippen LogP contribution in [-0.4, -0.2) is 30.1 Å². The average molecular weight is 288 g/mol. The topological polar surface area (TPSA) is 15.3 Å². The molecule has 118 valence electrons. The Bertz CT molecular complexity index is 453. The van der Waals surface area contributed by atoms with Crippen LogP contribution in [0.2, 0.25) is 0 Å². The van der Waals surface area contributed by atoms with E-state index in [0.29, 0.717) is 17.5 Å². The monoisotopic (exact) mass is 288 g/mol. The largest absolute Gasteiger partial charge is 0.311 e. The van der Waals surface area contributed by atoms with Crippen molar-refractivity contribution >= 4 is 0 Å². The summed E-state index contributed by atoms with van der Waals surface area (Å²) in [4.78, 5) is 2.70. The summed E-state index contributed by atoms with van der Waals surface area (Å²) in [5.41, 5.74) is 4.69. The number of aryl methyl sites for hydroxylation is 2. The fraction of sp³-hybridized carbons (Fsp3) is 0.684. The maximum atomic E-state index is 3.76. The molecule has 0 spiro atoms. The molecule has 0 aromatic heterocycles. The van der Waals surface area contributed by atoms with E-state index in [2.05, 4.69) is 70.0 Å². The Hall–Kier alpha value is -0.860. The summed E-state index contributed by atoms with van der Waals surface area (Å²) < 4.78 is 0. The number of hydrogen-bond acceptors (Lipinski definition) is 2. The molecule has 0 saturated carbocycles. The van der Waals surface area contributed by atoms with Gasteiger partial charge >= 0.3 is 0 Å². The van der Waals surface area contributed by atoms with E-state index in [1.807, 2.05) is 0 Å². The minimum Gasteiger partial charge on any atom is -0.311 e. The number of nitrogens with one attached hydrogen (secondary N) is 1. The van der Waals surface area contributed by atoms with Crippen molar-refractivity contribution in [1.29, 1.82) is 0 Å². The molecule has 0 aliphatic carbocycles. The van der Waals surface area contributed by atoms with Crippen molar-refractivity contribution < 1.29 is 0 Å². The number of benzene rings is 1. The normalized spacial score (nSPS) is 24.3. The molecule has 2 heteroatoms. The van der Waals surface area contributed by atoms with Crippen LogP contribution in [0.5, 0.6) is 0 Å². The third-order valence-corrected chi connectivity index (χ3v) is 5.06. The van der Waals surface area contributed by atoms with E-state index in [0.717, 1.165) is 19.6 Å². The standard InChI is InChI=1S/C19H32N2/c1-7-16-11-20-18(19(4,5)6)13-21(16)12-17-14(2)9-8-10-15(17)3/h8-10,16,18,20H,7,11-13H2,1-6H3. The SMILES string of the molecule is CCC1CNC(C(C)(C)C)CN1Cc1c(C)cccc1C. The van der Waals surface area contributed by atoms with Gasteiger partial charge in [-0.05, 0) is 42.4 Å². The lowest BCUT2D eigenvalue weighted by molar-refractivity contribution is 0.0772. The van der Waals surface area contributed by atoms with E-state index in [4.69, 9.17) is 0 Å². The Balaban J connectivity index is 2.18. The summed E-state index contributed by atoms with van der Waals surface area (Å²) >= 11 is 0. The van der Waals surface area contributed by atoms with Crippen LogP contribution in [0.1, 0.15) is 50.8 Å². The molecular weight excluding hydrogens is 256 g/mol. The highest BCUT2D eigenvalue weighted by molar-refractivity contribution is 5.33. The van der Waals surface area contributed by atoms with Crippen LogP contribution in [0.15, 0.2) is 18.2 Å². The fourth-order valence-corrected chi connectivity index (χ4v) is 3.33. The number of hydrogen-bond donors (Lipinski definition) is 1. The summed E-state index contributed by atoms with van der Waals surface area (Å²) in [5, 5.41) is 3.76. The molecule has 0 bridgehead atoms. The summed E-state index contributed by atoms with van der Waals surface area (Å²) in [6.45, 7) is 17.2. The van der Waals surface area contributed by atoms with Crippen LogP contribution < -0.4 is 5.32 Å². The van der Waals surface area contributed by atoms with E-state index in [1.54, 1.807) is 0 Å². The van der Waals surface area contributed by atoms with Gasteiger partial charge in [-0.1, -0.05) is 45.9 Å². The Labute approximate surface area is 130 Å². The van der Waals surface area contributed by atoms with Crippen molar-refractivity contribution in [3.63, 3.8) is 0 Å². The van der Waals surface area contributed by atoms with Crippen molar-refractivity contribution in [2.45, 2.75) is 66.6 Å². The molecule has 2 rings (SSSR count). The lowest BCUT2D eigenvalue weighted by Gasteiger charge is -2.45. The molecule has 21 heavy (non-hydrogen) atoms. The summed E-state index contributed by atoms with van der Waals surface area (Å²) in [5.74, 6) is 0. The minimum absolute atomic E-state index is 0.317. The lowest BCUT2D eigenvalue weighted by atomic mass is 9.84. The van der Waals surface area contributed by atoms with E-state index < -0.39 is 0 Å². The zero-order chi connectivity index (χ0) is 15.6. The van der Waals surface area contributed by atoms with Crippen LogP contribution in [0.3, 0.4) is 0 Å². The maximum Gasteiger partial charge on any atom is 0.0244 e. The first-order chi connectivity index (χ1) is 9.82. The molecular formula is C19H32N2. The van der Waals surface area contributed by atoms with Crippen LogP contribution in [0.4, 0.5) is 0 Å². The van der Waals surface area contributed by atoms with Crippen molar-refractivity contribution in [3.05, 3.63) is 34.9 Å². The molecule has 2 unspecified atom stereocenters. The summed E-state index contributed by atoms with van der Waals surface area (Å²) in [6.07, 6.45) is 1.22. The van der Waals surface area contributed by atoms with Gasteiger partial charge in [-0.2, -0.15) is 0 Å². The Morgan fingerprint density at radius 3 is 2.33 bits per heavy atom. The molecule has 1 N–H and O–H groups in total. The minimum atomic E-state index is 0.317. The zero-order valence-electron chi connectivity index (χ0n) is 14.7. The van der Waals surface area contributed by atoms with Crippen molar-refractivity contribution in [3.8, 4) is 0 Å². The molecule has 1 aromatic rings. The lowest BCUT2D eigenvalue weighted by Crippen LogP contribution is -2.59. The quantitative estimate of drug-likeness (QED) is 0.907. The first kappa shape index (κ1) is 16.5. The van der Waals surface area contributed by atoms with Gasteiger partial charge in [0.05, 0.1) is 0 Å². The van der Waals surface area contributed by atoms with Gasteiger partial charge in [-0.25, -0.2) is 0 Å². The van der Waals surface area contributed by atoms with Gasteiger partial charge in [-0.15, -0.1) is 0 Å². The fourth-order valence-electron chi connectivity index (χ4n) is 3.33. The van der Waals surface area contributed by atoms with Gasteiger partial charge < -0.3 is 5.32 Å². The highest BCUT2D eigenvalue weighted by atomic mass is 15.2. The maximum absolute atomic E-state index is 3.76. The van der Waals surface area contributed by atoms with Crippen LogP contribution in [0.25, 0.3) is 0 Å². The highest BCUT2D eigenvalue weighted by Crippen LogP contribution is 2.26. The van der Waals surface area contributed by atoms with Crippen molar-refractivity contribution in [1.82, 2.24) is 10.2 Å². The molecule has 2 nitrogen and oxygen atoms in total. The smallest absolute Gasteiger partial charge is 0.0244 e. The molecule has 1 fully saturated rings. The van der Waals surface area contributed by atoms with Crippen LogP contribution >= 0.6 is 0 Å². The summed E-state index contributed by atoms with van der Waals surface area (Å²) in [6, 6.07) is 7.88. The van der Waals surface area contributed by atoms with Crippen LogP contribution in [0, 0.1) is 19.3 Å². The van der Waals surface area contributed by atoms with Crippen LogP contribution in [-0.2, 0) is 6.54 Å². The first-order valence-corrected chi connectivity index (χ1v) is 8.35.